The maximum absolute atomic E-state index is 5.92. The van der Waals surface area contributed by atoms with Gasteiger partial charge in [0.15, 0.2) is 0 Å². The zero-order chi connectivity index (χ0) is 15.1. The molecule has 3 heterocycles. The van der Waals surface area contributed by atoms with Crippen molar-refractivity contribution < 1.29 is 0 Å². The van der Waals surface area contributed by atoms with Gasteiger partial charge in [-0.2, -0.15) is 0 Å². The van der Waals surface area contributed by atoms with Crippen LogP contribution in [0.25, 0.3) is 32.7 Å². The fourth-order valence-corrected chi connectivity index (χ4v) is 3.22. The van der Waals surface area contributed by atoms with Crippen molar-refractivity contribution in [3.05, 3.63) is 47.6 Å². The van der Waals surface area contributed by atoms with Crippen LogP contribution in [0.1, 0.15) is 5.01 Å². The number of hydrogen-bond acceptors (Lipinski definition) is 5. The second-order valence-corrected chi connectivity index (χ2v) is 6.22. The third-order valence-electron chi connectivity index (χ3n) is 3.50. The lowest BCUT2D eigenvalue weighted by molar-refractivity contribution is 1.05. The number of nitrogens with two attached hydrogens (primary N) is 1. The standard InChI is InChI=1S/C16H13N5S/c1-9-20-21-16(22-9)11-4-2-3-10(7-11)13-8-14(17)19-15-12(13)5-6-18-15/h2-8H,1H3,(H3,17,18,19). The van der Waals surface area contributed by atoms with Gasteiger partial charge in [0.2, 0.25) is 0 Å². The van der Waals surface area contributed by atoms with Crippen molar-refractivity contribution in [2.24, 2.45) is 0 Å². The van der Waals surface area contributed by atoms with Crippen LogP contribution in [0.2, 0.25) is 0 Å². The maximum Gasteiger partial charge on any atom is 0.147 e. The summed E-state index contributed by atoms with van der Waals surface area (Å²) in [6.45, 7) is 1.96. The average Bonchev–Trinajstić information content (AvgIpc) is 3.15. The minimum Gasteiger partial charge on any atom is -0.384 e. The molecular weight excluding hydrogens is 294 g/mol. The Morgan fingerprint density at radius 1 is 1.09 bits per heavy atom. The first-order chi connectivity index (χ1) is 10.7. The number of nitrogen functional groups attached to an aromatic ring is 1. The number of aryl methyl sites for hydroxylation is 1. The first-order valence-electron chi connectivity index (χ1n) is 6.85. The Morgan fingerprint density at radius 2 is 1.95 bits per heavy atom. The van der Waals surface area contributed by atoms with Gasteiger partial charge >= 0.3 is 0 Å². The van der Waals surface area contributed by atoms with Gasteiger partial charge < -0.3 is 10.7 Å². The Morgan fingerprint density at radius 3 is 2.77 bits per heavy atom. The van der Waals surface area contributed by atoms with Crippen LogP contribution in [0.5, 0.6) is 0 Å². The van der Waals surface area contributed by atoms with E-state index < -0.39 is 0 Å². The van der Waals surface area contributed by atoms with Gasteiger partial charge in [0.25, 0.3) is 0 Å². The number of anilines is 1. The molecule has 4 aromatic rings. The van der Waals surface area contributed by atoms with E-state index in [-0.39, 0.29) is 0 Å². The van der Waals surface area contributed by atoms with Gasteiger partial charge in [-0.15, -0.1) is 10.2 Å². The molecule has 4 rings (SSSR count). The van der Waals surface area contributed by atoms with Crippen LogP contribution in [0.4, 0.5) is 5.82 Å². The van der Waals surface area contributed by atoms with Gasteiger partial charge in [0.1, 0.15) is 21.5 Å². The van der Waals surface area contributed by atoms with E-state index in [1.54, 1.807) is 11.3 Å². The smallest absolute Gasteiger partial charge is 0.147 e. The summed E-state index contributed by atoms with van der Waals surface area (Å²) in [6, 6.07) is 12.2. The number of hydrogen-bond donors (Lipinski definition) is 2. The summed E-state index contributed by atoms with van der Waals surface area (Å²) in [5.74, 6) is 0.502. The largest absolute Gasteiger partial charge is 0.384 e. The molecule has 3 N–H and O–H groups in total. The molecule has 0 bridgehead atoms. The average molecular weight is 307 g/mol. The number of H-pyrrole nitrogens is 1. The van der Waals surface area contributed by atoms with Gasteiger partial charge in [0.05, 0.1) is 0 Å². The number of fused-ring (bicyclic) bond motifs is 1. The van der Waals surface area contributed by atoms with Crippen molar-refractivity contribution in [3.63, 3.8) is 0 Å². The molecule has 0 amide bonds. The van der Waals surface area contributed by atoms with Crippen LogP contribution < -0.4 is 5.73 Å². The van der Waals surface area contributed by atoms with E-state index in [0.29, 0.717) is 5.82 Å². The van der Waals surface area contributed by atoms with Crippen molar-refractivity contribution in [1.82, 2.24) is 20.2 Å². The minimum absolute atomic E-state index is 0.502. The van der Waals surface area contributed by atoms with E-state index in [0.717, 1.165) is 37.7 Å². The molecule has 0 saturated carbocycles. The predicted molar refractivity (Wildman–Crippen MR) is 89.6 cm³/mol. The molecule has 6 heteroatoms. The quantitative estimate of drug-likeness (QED) is 0.592. The van der Waals surface area contributed by atoms with Crippen LogP contribution in [0, 0.1) is 6.92 Å². The van der Waals surface area contributed by atoms with Crippen molar-refractivity contribution in [2.45, 2.75) is 6.92 Å². The van der Waals surface area contributed by atoms with Crippen molar-refractivity contribution >= 4 is 28.2 Å². The highest BCUT2D eigenvalue weighted by Gasteiger charge is 2.10. The Kier molecular flexibility index (Phi) is 2.90. The van der Waals surface area contributed by atoms with Crippen LogP contribution in [0.3, 0.4) is 0 Å². The molecule has 108 valence electrons. The van der Waals surface area contributed by atoms with Gasteiger partial charge in [0, 0.05) is 17.1 Å². The van der Waals surface area contributed by atoms with E-state index in [9.17, 15) is 0 Å². The lowest BCUT2D eigenvalue weighted by Gasteiger charge is -2.06. The highest BCUT2D eigenvalue weighted by Crippen LogP contribution is 2.32. The number of aromatic nitrogens is 4. The molecule has 0 aliphatic carbocycles. The van der Waals surface area contributed by atoms with Gasteiger partial charge in [-0.05, 0) is 36.2 Å². The SMILES string of the molecule is Cc1nnc(-c2cccc(-c3cc(N)nc4[nH]ccc34)c2)s1. The molecule has 5 nitrogen and oxygen atoms in total. The lowest BCUT2D eigenvalue weighted by atomic mass is 10.0. The van der Waals surface area contributed by atoms with Crippen LogP contribution in [-0.2, 0) is 0 Å². The molecule has 0 radical (unpaired) electrons. The molecule has 0 aliphatic heterocycles. The van der Waals surface area contributed by atoms with E-state index >= 15 is 0 Å². The molecule has 0 aliphatic rings. The zero-order valence-electron chi connectivity index (χ0n) is 11.9. The summed E-state index contributed by atoms with van der Waals surface area (Å²) in [5, 5.41) is 11.2. The minimum atomic E-state index is 0.502. The summed E-state index contributed by atoms with van der Waals surface area (Å²) >= 11 is 1.59. The molecular formula is C16H13N5S. The molecule has 22 heavy (non-hydrogen) atoms. The molecule has 0 spiro atoms. The summed E-state index contributed by atoms with van der Waals surface area (Å²) < 4.78 is 0. The fraction of sp³-hybridized carbons (Fsp3) is 0.0625. The number of nitrogens with one attached hydrogen (secondary N) is 1. The van der Waals surface area contributed by atoms with Crippen LogP contribution >= 0.6 is 11.3 Å². The number of nitrogens with zero attached hydrogens (tertiary/aromatic N) is 3. The van der Waals surface area contributed by atoms with Crippen molar-refractivity contribution in [3.8, 4) is 21.7 Å². The molecule has 0 fully saturated rings. The lowest BCUT2D eigenvalue weighted by Crippen LogP contribution is -1.92. The normalized spacial score (nSPS) is 11.1. The number of pyridine rings is 1. The zero-order valence-corrected chi connectivity index (χ0v) is 12.7. The summed E-state index contributed by atoms with van der Waals surface area (Å²) in [7, 11) is 0. The summed E-state index contributed by atoms with van der Waals surface area (Å²) in [4.78, 5) is 7.42. The maximum atomic E-state index is 5.92. The third-order valence-corrected chi connectivity index (χ3v) is 4.38. The van der Waals surface area contributed by atoms with Gasteiger partial charge in [-0.25, -0.2) is 4.98 Å². The number of rotatable bonds is 2. The first kappa shape index (κ1) is 13.0. The topological polar surface area (TPSA) is 80.5 Å². The molecule has 3 aromatic heterocycles. The van der Waals surface area contributed by atoms with E-state index in [4.69, 9.17) is 5.73 Å². The van der Waals surface area contributed by atoms with E-state index in [1.807, 2.05) is 37.4 Å². The van der Waals surface area contributed by atoms with Crippen molar-refractivity contribution in [2.75, 3.05) is 5.73 Å². The Balaban J connectivity index is 1.90. The summed E-state index contributed by atoms with van der Waals surface area (Å²) in [5.41, 5.74) is 9.93. The van der Waals surface area contributed by atoms with Crippen LogP contribution in [-0.4, -0.2) is 20.2 Å². The molecule has 1 aromatic carbocycles. The monoisotopic (exact) mass is 307 g/mol. The molecule has 0 atom stereocenters. The second-order valence-electron chi connectivity index (χ2n) is 5.04. The Bertz CT molecular complexity index is 970. The second kappa shape index (κ2) is 4.92. The van der Waals surface area contributed by atoms with Crippen molar-refractivity contribution in [1.29, 1.82) is 0 Å². The third kappa shape index (κ3) is 2.14. The molecule has 0 saturated heterocycles. The fourth-order valence-electron chi connectivity index (χ4n) is 2.53. The van der Waals surface area contributed by atoms with Crippen LogP contribution in [0.15, 0.2) is 42.6 Å². The number of aromatic amines is 1. The predicted octanol–water partition coefficient (Wildman–Crippen LogP) is 3.64. The highest BCUT2D eigenvalue weighted by molar-refractivity contribution is 7.14. The van der Waals surface area contributed by atoms with Gasteiger partial charge in [-0.3, -0.25) is 0 Å². The Hall–Kier alpha value is -2.73. The first-order valence-corrected chi connectivity index (χ1v) is 7.67. The van der Waals surface area contributed by atoms with E-state index in [1.165, 1.54) is 0 Å². The summed E-state index contributed by atoms with van der Waals surface area (Å²) in [6.07, 6.45) is 1.87. The van der Waals surface area contributed by atoms with Gasteiger partial charge in [-0.1, -0.05) is 29.5 Å². The number of benzene rings is 1. The Labute approximate surface area is 130 Å². The van der Waals surface area contributed by atoms with E-state index in [2.05, 4.69) is 32.3 Å². The highest BCUT2D eigenvalue weighted by atomic mass is 32.1. The molecule has 0 unspecified atom stereocenters.